The van der Waals surface area contributed by atoms with Crippen LogP contribution in [-0.2, 0) is 4.79 Å². The van der Waals surface area contributed by atoms with Crippen molar-refractivity contribution in [2.45, 2.75) is 13.0 Å². The third kappa shape index (κ3) is 4.48. The Labute approximate surface area is 208 Å². The van der Waals surface area contributed by atoms with Gasteiger partial charge in [-0.05, 0) is 36.8 Å². The van der Waals surface area contributed by atoms with Crippen LogP contribution < -0.4 is 10.6 Å². The zero-order valence-corrected chi connectivity index (χ0v) is 19.2. The van der Waals surface area contributed by atoms with E-state index in [4.69, 9.17) is 0 Å². The number of nitro benzene ring substituents is 2. The van der Waals surface area contributed by atoms with E-state index in [-0.39, 0.29) is 17.2 Å². The summed E-state index contributed by atoms with van der Waals surface area (Å²) in [5.74, 6) is 0.0829. The molecule has 1 aliphatic rings. The van der Waals surface area contributed by atoms with Crippen molar-refractivity contribution >= 4 is 28.9 Å². The number of amides is 1. The zero-order valence-electron chi connectivity index (χ0n) is 19.2. The van der Waals surface area contributed by atoms with Crippen LogP contribution >= 0.6 is 0 Å². The van der Waals surface area contributed by atoms with E-state index in [2.05, 4.69) is 25.7 Å². The SMILES string of the molecule is CC1=C(C(=O)Nc2cccnc2)C(c2ccc([N+](=O)[O-])cc2)n2nc(-c3cccc([N+](=O)[O-])c3)nc2N1. The van der Waals surface area contributed by atoms with E-state index in [0.29, 0.717) is 34.0 Å². The second-order valence-corrected chi connectivity index (χ2v) is 8.12. The molecule has 2 aromatic heterocycles. The lowest BCUT2D eigenvalue weighted by Gasteiger charge is -2.28. The largest absolute Gasteiger partial charge is 0.328 e. The number of anilines is 2. The number of carbonyl (C=O) groups excluding carboxylic acids is 1. The van der Waals surface area contributed by atoms with Gasteiger partial charge in [0.15, 0.2) is 5.82 Å². The summed E-state index contributed by atoms with van der Waals surface area (Å²) in [4.78, 5) is 43.4. The lowest BCUT2D eigenvalue weighted by molar-refractivity contribution is -0.385. The van der Waals surface area contributed by atoms with Crippen LogP contribution in [0.15, 0.2) is 84.3 Å². The molecule has 0 aliphatic carbocycles. The minimum absolute atomic E-state index is 0.101. The second kappa shape index (κ2) is 9.30. The molecule has 184 valence electrons. The molecule has 0 radical (unpaired) electrons. The number of benzene rings is 2. The van der Waals surface area contributed by atoms with Crippen LogP contribution in [0.1, 0.15) is 18.5 Å². The van der Waals surface area contributed by atoms with E-state index in [0.717, 1.165) is 0 Å². The quantitative estimate of drug-likeness (QED) is 0.293. The highest BCUT2D eigenvalue weighted by molar-refractivity contribution is 6.06. The normalized spacial score (nSPS) is 14.5. The predicted octanol–water partition coefficient (Wildman–Crippen LogP) is 4.08. The van der Waals surface area contributed by atoms with Gasteiger partial charge >= 0.3 is 0 Å². The lowest BCUT2D eigenvalue weighted by Crippen LogP contribution is -2.31. The van der Waals surface area contributed by atoms with E-state index in [1.807, 2.05) is 0 Å². The van der Waals surface area contributed by atoms with Gasteiger partial charge < -0.3 is 10.6 Å². The van der Waals surface area contributed by atoms with Crippen molar-refractivity contribution in [1.29, 1.82) is 0 Å². The molecule has 13 nitrogen and oxygen atoms in total. The monoisotopic (exact) mass is 498 g/mol. The van der Waals surface area contributed by atoms with E-state index >= 15 is 0 Å². The summed E-state index contributed by atoms with van der Waals surface area (Å²) in [5, 5.41) is 32.9. The number of rotatable bonds is 6. The Morgan fingerprint density at radius 2 is 1.78 bits per heavy atom. The first-order valence-corrected chi connectivity index (χ1v) is 11.0. The van der Waals surface area contributed by atoms with Crippen LogP contribution in [-0.4, -0.2) is 35.5 Å². The average Bonchev–Trinajstić information content (AvgIpc) is 3.32. The molecule has 0 spiro atoms. The number of hydrogen-bond donors (Lipinski definition) is 2. The molecule has 1 aliphatic heterocycles. The molecule has 1 amide bonds. The standard InChI is InChI=1S/C24H18N8O5/c1-14-20(23(33)27-17-5-3-11-25-13-17)21(15-7-9-18(10-8-15)31(34)35)30-24(26-14)28-22(29-30)16-4-2-6-19(12-16)32(36)37/h2-13,21H,1H3,(H,27,33)(H,26,28,29). The minimum atomic E-state index is -0.798. The fraction of sp³-hybridized carbons (Fsp3) is 0.0833. The van der Waals surface area contributed by atoms with Gasteiger partial charge in [0.25, 0.3) is 17.3 Å². The smallest absolute Gasteiger partial charge is 0.270 e. The van der Waals surface area contributed by atoms with Crippen LogP contribution in [0, 0.1) is 20.2 Å². The van der Waals surface area contributed by atoms with E-state index in [1.54, 1.807) is 43.5 Å². The Morgan fingerprint density at radius 3 is 2.46 bits per heavy atom. The number of aromatic nitrogens is 4. The van der Waals surface area contributed by atoms with E-state index in [9.17, 15) is 25.0 Å². The van der Waals surface area contributed by atoms with Gasteiger partial charge in [0.2, 0.25) is 5.95 Å². The fourth-order valence-corrected chi connectivity index (χ4v) is 4.05. The molecular weight excluding hydrogens is 480 g/mol. The summed E-state index contributed by atoms with van der Waals surface area (Å²) in [6.07, 6.45) is 3.09. The first kappa shape index (κ1) is 23.3. The maximum atomic E-state index is 13.5. The van der Waals surface area contributed by atoms with Gasteiger partial charge in [0, 0.05) is 41.7 Å². The van der Waals surface area contributed by atoms with Crippen LogP contribution in [0.3, 0.4) is 0 Å². The van der Waals surface area contributed by atoms with Crippen LogP contribution in [0.25, 0.3) is 11.4 Å². The van der Waals surface area contributed by atoms with Crippen molar-refractivity contribution in [2.24, 2.45) is 0 Å². The van der Waals surface area contributed by atoms with Crippen LogP contribution in [0.2, 0.25) is 0 Å². The Hall–Kier alpha value is -5.46. The van der Waals surface area contributed by atoms with Gasteiger partial charge in [-0.15, -0.1) is 5.10 Å². The average molecular weight is 498 g/mol. The number of allylic oxidation sites excluding steroid dienone is 1. The van der Waals surface area contributed by atoms with Gasteiger partial charge in [-0.2, -0.15) is 4.98 Å². The Morgan fingerprint density at radius 1 is 1.03 bits per heavy atom. The summed E-state index contributed by atoms with van der Waals surface area (Å²) >= 11 is 0. The second-order valence-electron chi connectivity index (χ2n) is 8.12. The molecule has 13 heteroatoms. The van der Waals surface area contributed by atoms with Crippen LogP contribution in [0.4, 0.5) is 23.0 Å². The molecule has 2 aromatic carbocycles. The van der Waals surface area contributed by atoms with Crippen molar-refractivity contribution in [3.63, 3.8) is 0 Å². The number of nitrogens with one attached hydrogen (secondary N) is 2. The highest BCUT2D eigenvalue weighted by Gasteiger charge is 2.35. The van der Waals surface area contributed by atoms with Gasteiger partial charge in [-0.3, -0.25) is 30.0 Å². The van der Waals surface area contributed by atoms with Gasteiger partial charge in [-0.1, -0.05) is 12.1 Å². The molecule has 1 atom stereocenters. The van der Waals surface area contributed by atoms with Crippen molar-refractivity contribution in [3.05, 3.63) is 110 Å². The summed E-state index contributed by atoms with van der Waals surface area (Å²) in [7, 11) is 0. The zero-order chi connectivity index (χ0) is 26.1. The van der Waals surface area contributed by atoms with Gasteiger partial charge in [0.1, 0.15) is 6.04 Å². The number of nitro groups is 2. The highest BCUT2D eigenvalue weighted by Crippen LogP contribution is 2.37. The molecule has 37 heavy (non-hydrogen) atoms. The molecular formula is C24H18N8O5. The number of fused-ring (bicyclic) bond motifs is 1. The number of pyridine rings is 1. The van der Waals surface area contributed by atoms with Crippen molar-refractivity contribution < 1.29 is 14.6 Å². The lowest BCUT2D eigenvalue weighted by atomic mass is 9.95. The van der Waals surface area contributed by atoms with Crippen molar-refractivity contribution in [1.82, 2.24) is 19.7 Å². The van der Waals surface area contributed by atoms with Crippen molar-refractivity contribution in [3.8, 4) is 11.4 Å². The number of nitrogens with zero attached hydrogens (tertiary/aromatic N) is 6. The van der Waals surface area contributed by atoms with Crippen molar-refractivity contribution in [2.75, 3.05) is 10.6 Å². The van der Waals surface area contributed by atoms with Gasteiger partial charge in [-0.25, -0.2) is 4.68 Å². The molecule has 2 N–H and O–H groups in total. The van der Waals surface area contributed by atoms with Crippen LogP contribution in [0.5, 0.6) is 0 Å². The number of non-ortho nitro benzene ring substituents is 2. The molecule has 0 saturated carbocycles. The minimum Gasteiger partial charge on any atom is -0.328 e. The Balaban J connectivity index is 1.61. The molecule has 4 aromatic rings. The summed E-state index contributed by atoms with van der Waals surface area (Å²) in [6, 6.07) is 14.3. The molecule has 1 unspecified atom stereocenters. The first-order valence-electron chi connectivity index (χ1n) is 11.0. The number of carbonyl (C=O) groups is 1. The Kier molecular flexibility index (Phi) is 5.85. The molecule has 5 rings (SSSR count). The molecule has 0 bridgehead atoms. The maximum Gasteiger partial charge on any atom is 0.270 e. The van der Waals surface area contributed by atoms with Gasteiger partial charge in [0.05, 0.1) is 27.3 Å². The first-order chi connectivity index (χ1) is 17.8. The molecule has 0 saturated heterocycles. The Bertz CT molecular complexity index is 1560. The maximum absolute atomic E-state index is 13.5. The summed E-state index contributed by atoms with van der Waals surface area (Å²) in [6.45, 7) is 1.71. The number of hydrogen-bond acceptors (Lipinski definition) is 9. The molecule has 3 heterocycles. The highest BCUT2D eigenvalue weighted by atomic mass is 16.6. The summed E-state index contributed by atoms with van der Waals surface area (Å²) < 4.78 is 1.49. The topological polar surface area (TPSA) is 171 Å². The molecule has 0 fully saturated rings. The third-order valence-corrected chi connectivity index (χ3v) is 5.75. The third-order valence-electron chi connectivity index (χ3n) is 5.75. The fourth-order valence-electron chi connectivity index (χ4n) is 4.05. The van der Waals surface area contributed by atoms with E-state index < -0.39 is 21.8 Å². The van der Waals surface area contributed by atoms with E-state index in [1.165, 1.54) is 41.2 Å². The summed E-state index contributed by atoms with van der Waals surface area (Å²) in [5.41, 5.74) is 2.04. The predicted molar refractivity (Wildman–Crippen MR) is 133 cm³/mol.